The molecule has 0 aromatic heterocycles. The topological polar surface area (TPSA) is 93.8 Å². The molecule has 0 fully saturated rings. The van der Waals surface area contributed by atoms with Gasteiger partial charge in [0.25, 0.3) is 12.1 Å². The summed E-state index contributed by atoms with van der Waals surface area (Å²) in [5.41, 5.74) is 7.84. The molecule has 0 saturated heterocycles. The van der Waals surface area contributed by atoms with E-state index in [-0.39, 0.29) is 23.4 Å². The first-order valence-electron chi connectivity index (χ1n) is 9.32. The van der Waals surface area contributed by atoms with Gasteiger partial charge in [0, 0.05) is 27.0 Å². The first-order valence-corrected chi connectivity index (χ1v) is 10.5. The number of ether oxygens (including phenoxy) is 1. The fraction of sp³-hybridized carbons (Fsp3) is 0.286. The van der Waals surface area contributed by atoms with Gasteiger partial charge in [0.15, 0.2) is 0 Å². The van der Waals surface area contributed by atoms with Crippen molar-refractivity contribution in [2.75, 3.05) is 11.9 Å². The van der Waals surface area contributed by atoms with Gasteiger partial charge < -0.3 is 15.8 Å². The van der Waals surface area contributed by atoms with Crippen LogP contribution in [0.25, 0.3) is 0 Å². The monoisotopic (exact) mass is 557 g/mol. The van der Waals surface area contributed by atoms with Crippen LogP contribution in [-0.2, 0) is 14.3 Å². The van der Waals surface area contributed by atoms with Crippen LogP contribution in [0.4, 0.5) is 5.69 Å². The van der Waals surface area contributed by atoms with E-state index in [4.69, 9.17) is 22.1 Å². The molecule has 0 bridgehead atoms. The maximum atomic E-state index is 12.7. The summed E-state index contributed by atoms with van der Waals surface area (Å²) in [5, 5.41) is 3.27. The van der Waals surface area contributed by atoms with Crippen molar-refractivity contribution in [3.05, 3.63) is 63.1 Å². The summed E-state index contributed by atoms with van der Waals surface area (Å²) in [5.74, 6) is -0.984. The van der Waals surface area contributed by atoms with Crippen molar-refractivity contribution in [1.29, 1.82) is 0 Å². The average Bonchev–Trinajstić information content (AvgIpc) is 2.82. The Labute approximate surface area is 199 Å². The molecule has 160 valence electrons. The standard InChI is InChI=1S/C21H21BrClN3O3.BrH/c22-13-9-10-17-15(12-13)19(14-6-3-4-7-16(14)23)26-21(20(28)25-17)29-18(27)8-2-1-5-11-24;/h3-4,6-7,9-10,12,21H,1-2,5,8,11,24H2,(H,25,28);1H. The summed E-state index contributed by atoms with van der Waals surface area (Å²) < 4.78 is 6.21. The number of hydrogen-bond acceptors (Lipinski definition) is 5. The van der Waals surface area contributed by atoms with E-state index in [2.05, 4.69) is 26.2 Å². The van der Waals surface area contributed by atoms with E-state index in [9.17, 15) is 9.59 Å². The molecule has 9 heteroatoms. The zero-order valence-corrected chi connectivity index (χ0v) is 20.1. The maximum Gasteiger partial charge on any atom is 0.308 e. The summed E-state index contributed by atoms with van der Waals surface area (Å²) in [6.07, 6.45) is 1.24. The van der Waals surface area contributed by atoms with Gasteiger partial charge in [-0.25, -0.2) is 4.99 Å². The molecule has 3 N–H and O–H groups in total. The minimum atomic E-state index is -1.30. The van der Waals surface area contributed by atoms with Gasteiger partial charge in [0.1, 0.15) is 0 Å². The Morgan fingerprint density at radius 2 is 1.93 bits per heavy atom. The molecule has 0 aliphatic carbocycles. The summed E-state index contributed by atoms with van der Waals surface area (Å²) in [6, 6.07) is 12.6. The van der Waals surface area contributed by atoms with Gasteiger partial charge in [0.2, 0.25) is 0 Å². The fourth-order valence-corrected chi connectivity index (χ4v) is 3.57. The van der Waals surface area contributed by atoms with Crippen LogP contribution in [0.3, 0.4) is 0 Å². The lowest BCUT2D eigenvalue weighted by Crippen LogP contribution is -2.30. The molecule has 6 nitrogen and oxygen atoms in total. The van der Waals surface area contributed by atoms with E-state index in [1.165, 1.54) is 0 Å². The number of carbonyl (C=O) groups excluding carboxylic acids is 2. The van der Waals surface area contributed by atoms with Gasteiger partial charge >= 0.3 is 5.97 Å². The molecule has 2 aromatic rings. The van der Waals surface area contributed by atoms with E-state index >= 15 is 0 Å². The van der Waals surface area contributed by atoms with Gasteiger partial charge in [-0.15, -0.1) is 17.0 Å². The first-order chi connectivity index (χ1) is 14.0. The van der Waals surface area contributed by atoms with E-state index in [1.54, 1.807) is 12.1 Å². The molecule has 1 heterocycles. The smallest absolute Gasteiger partial charge is 0.308 e. The van der Waals surface area contributed by atoms with Gasteiger partial charge in [-0.05, 0) is 43.7 Å². The van der Waals surface area contributed by atoms with Crippen LogP contribution in [0.5, 0.6) is 0 Å². The van der Waals surface area contributed by atoms with Crippen LogP contribution in [-0.4, -0.2) is 30.4 Å². The highest BCUT2D eigenvalue weighted by Crippen LogP contribution is 2.30. The molecule has 0 spiro atoms. The lowest BCUT2D eigenvalue weighted by atomic mass is 10.0. The van der Waals surface area contributed by atoms with Crippen LogP contribution in [0.1, 0.15) is 36.8 Å². The molecule has 1 amide bonds. The number of benzodiazepines with no additional fused rings is 1. The van der Waals surface area contributed by atoms with Crippen LogP contribution in [0.2, 0.25) is 5.02 Å². The van der Waals surface area contributed by atoms with E-state index in [1.807, 2.05) is 30.3 Å². The number of nitrogens with one attached hydrogen (secondary N) is 1. The van der Waals surface area contributed by atoms with Gasteiger partial charge in [0.05, 0.1) is 11.4 Å². The van der Waals surface area contributed by atoms with Crippen molar-refractivity contribution < 1.29 is 14.3 Å². The Hall–Kier alpha value is -1.74. The molecule has 3 rings (SSSR count). The predicted molar refractivity (Wildman–Crippen MR) is 128 cm³/mol. The summed E-state index contributed by atoms with van der Waals surface area (Å²) in [6.45, 7) is 0.583. The summed E-state index contributed by atoms with van der Waals surface area (Å²) in [4.78, 5) is 29.4. The predicted octanol–water partition coefficient (Wildman–Crippen LogP) is 4.86. The van der Waals surface area contributed by atoms with E-state index < -0.39 is 18.1 Å². The highest BCUT2D eigenvalue weighted by molar-refractivity contribution is 9.10. The lowest BCUT2D eigenvalue weighted by Gasteiger charge is -2.13. The van der Waals surface area contributed by atoms with Crippen molar-refractivity contribution in [1.82, 2.24) is 0 Å². The molecule has 0 saturated carbocycles. The minimum absolute atomic E-state index is 0. The maximum absolute atomic E-state index is 12.7. The van der Waals surface area contributed by atoms with Gasteiger partial charge in [-0.2, -0.15) is 0 Å². The number of nitrogens with two attached hydrogens (primary N) is 1. The highest BCUT2D eigenvalue weighted by Gasteiger charge is 2.29. The number of anilines is 1. The number of nitrogens with zero attached hydrogens (tertiary/aromatic N) is 1. The number of benzene rings is 2. The molecule has 1 unspecified atom stereocenters. The van der Waals surface area contributed by atoms with Crippen molar-refractivity contribution in [2.24, 2.45) is 10.7 Å². The second-order valence-corrected chi connectivity index (χ2v) is 7.90. The highest BCUT2D eigenvalue weighted by atomic mass is 79.9. The van der Waals surface area contributed by atoms with Crippen LogP contribution < -0.4 is 11.1 Å². The van der Waals surface area contributed by atoms with Crippen LogP contribution in [0.15, 0.2) is 51.9 Å². The number of unbranched alkanes of at least 4 members (excludes halogenated alkanes) is 2. The van der Waals surface area contributed by atoms with E-state index in [0.29, 0.717) is 40.5 Å². The van der Waals surface area contributed by atoms with Crippen LogP contribution in [0, 0.1) is 0 Å². The van der Waals surface area contributed by atoms with Gasteiger partial charge in [-0.1, -0.05) is 52.2 Å². The number of esters is 1. The molecule has 0 radical (unpaired) electrons. The van der Waals surface area contributed by atoms with Crippen molar-refractivity contribution >= 4 is 67.8 Å². The quantitative estimate of drug-likeness (QED) is 0.374. The third-order valence-corrected chi connectivity index (χ3v) is 5.25. The molecule has 2 aromatic carbocycles. The number of amides is 1. The molecular weight excluding hydrogens is 538 g/mol. The Morgan fingerprint density at radius 3 is 2.67 bits per heavy atom. The first kappa shape index (κ1) is 24.5. The number of fused-ring (bicyclic) bond motifs is 1. The molecule has 1 atom stereocenters. The lowest BCUT2D eigenvalue weighted by molar-refractivity contribution is -0.153. The van der Waals surface area contributed by atoms with Crippen LogP contribution >= 0.6 is 44.5 Å². The summed E-state index contributed by atoms with van der Waals surface area (Å²) >= 11 is 9.84. The molecule has 30 heavy (non-hydrogen) atoms. The third-order valence-electron chi connectivity index (χ3n) is 4.42. The van der Waals surface area contributed by atoms with Crippen molar-refractivity contribution in [3.63, 3.8) is 0 Å². The average molecular weight is 560 g/mol. The number of carbonyl (C=O) groups is 2. The fourth-order valence-electron chi connectivity index (χ4n) is 2.98. The zero-order valence-electron chi connectivity index (χ0n) is 16.1. The minimum Gasteiger partial charge on any atom is -0.430 e. The Morgan fingerprint density at radius 1 is 1.17 bits per heavy atom. The molecule has 1 aliphatic rings. The Kier molecular flexibility index (Phi) is 9.48. The second-order valence-electron chi connectivity index (χ2n) is 6.58. The second kappa shape index (κ2) is 11.6. The van der Waals surface area contributed by atoms with Gasteiger partial charge in [-0.3, -0.25) is 9.59 Å². The zero-order chi connectivity index (χ0) is 20.8. The third kappa shape index (κ3) is 6.14. The number of rotatable bonds is 7. The Bertz CT molecular complexity index is 953. The molecule has 1 aliphatic heterocycles. The SMILES string of the molecule is Br.NCCCCCC(=O)OC1N=C(c2ccccc2Cl)c2cc(Br)ccc2NC1=O. The largest absolute Gasteiger partial charge is 0.430 e. The number of hydrogen-bond donors (Lipinski definition) is 2. The number of aliphatic imine (C=N–C) groups is 1. The Balaban J connectivity index is 0.00000320. The normalized spacial score (nSPS) is 15.2. The molecular formula is C21H22Br2ClN3O3. The van der Waals surface area contributed by atoms with E-state index in [0.717, 1.165) is 17.3 Å². The summed E-state index contributed by atoms with van der Waals surface area (Å²) in [7, 11) is 0. The van der Waals surface area contributed by atoms with Crippen molar-refractivity contribution in [2.45, 2.75) is 31.9 Å². The van der Waals surface area contributed by atoms with Crippen molar-refractivity contribution in [3.8, 4) is 0 Å². The number of halogens is 3.